The molecule has 26 heavy (non-hydrogen) atoms. The van der Waals surface area contributed by atoms with E-state index in [4.69, 9.17) is 18.9 Å². The van der Waals surface area contributed by atoms with Gasteiger partial charge in [-0.05, 0) is 35.9 Å². The van der Waals surface area contributed by atoms with Crippen molar-refractivity contribution in [2.24, 2.45) is 5.10 Å². The zero-order valence-electron chi connectivity index (χ0n) is 15.2. The molecule has 0 saturated heterocycles. The third-order valence-corrected chi connectivity index (χ3v) is 3.64. The number of nitrogens with one attached hydrogen (secondary N) is 1. The van der Waals surface area contributed by atoms with Crippen LogP contribution in [-0.4, -0.2) is 40.6 Å². The SMILES string of the molecule is COc1ccc(OC)c(C=NNC(=O)Cc2ccc(OC)c(OC)c2)c1. The highest BCUT2D eigenvalue weighted by atomic mass is 16.5. The van der Waals surface area contributed by atoms with E-state index in [0.717, 1.165) is 5.56 Å². The Balaban J connectivity index is 2.02. The van der Waals surface area contributed by atoms with E-state index in [1.165, 1.54) is 6.21 Å². The van der Waals surface area contributed by atoms with Crippen LogP contribution in [0.4, 0.5) is 0 Å². The summed E-state index contributed by atoms with van der Waals surface area (Å²) in [5, 5.41) is 3.98. The Kier molecular flexibility index (Phi) is 6.84. The van der Waals surface area contributed by atoms with Crippen LogP contribution in [0.25, 0.3) is 0 Å². The quantitative estimate of drug-likeness (QED) is 0.579. The lowest BCUT2D eigenvalue weighted by Crippen LogP contribution is -2.19. The van der Waals surface area contributed by atoms with Gasteiger partial charge in [0.2, 0.25) is 5.91 Å². The highest BCUT2D eigenvalue weighted by Crippen LogP contribution is 2.27. The van der Waals surface area contributed by atoms with Crippen molar-refractivity contribution in [2.45, 2.75) is 6.42 Å². The first-order valence-electron chi connectivity index (χ1n) is 7.86. The minimum atomic E-state index is -0.254. The van der Waals surface area contributed by atoms with Crippen molar-refractivity contribution in [3.05, 3.63) is 47.5 Å². The van der Waals surface area contributed by atoms with Crippen molar-refractivity contribution in [2.75, 3.05) is 28.4 Å². The van der Waals surface area contributed by atoms with Crippen LogP contribution in [0.3, 0.4) is 0 Å². The fourth-order valence-electron chi connectivity index (χ4n) is 2.33. The van der Waals surface area contributed by atoms with E-state index < -0.39 is 0 Å². The van der Waals surface area contributed by atoms with Crippen LogP contribution < -0.4 is 24.4 Å². The van der Waals surface area contributed by atoms with Crippen molar-refractivity contribution in [3.8, 4) is 23.0 Å². The Morgan fingerprint density at radius 2 is 1.62 bits per heavy atom. The Labute approximate surface area is 152 Å². The summed E-state index contributed by atoms with van der Waals surface area (Å²) in [5.74, 6) is 2.23. The number of carbonyl (C=O) groups excluding carboxylic acids is 1. The molecule has 0 bridgehead atoms. The number of hydrogen-bond acceptors (Lipinski definition) is 6. The van der Waals surface area contributed by atoms with Crippen LogP contribution in [0.15, 0.2) is 41.5 Å². The fourth-order valence-corrected chi connectivity index (χ4v) is 2.33. The molecule has 1 amide bonds. The summed E-state index contributed by atoms with van der Waals surface area (Å²) in [5.41, 5.74) is 3.98. The molecule has 2 aromatic rings. The third-order valence-electron chi connectivity index (χ3n) is 3.64. The number of carbonyl (C=O) groups is 1. The molecule has 2 aromatic carbocycles. The van der Waals surface area contributed by atoms with Gasteiger partial charge in [-0.1, -0.05) is 6.07 Å². The second kappa shape index (κ2) is 9.31. The van der Waals surface area contributed by atoms with Crippen LogP contribution in [0, 0.1) is 0 Å². The predicted octanol–water partition coefficient (Wildman–Crippen LogP) is 2.41. The fraction of sp³-hybridized carbons (Fsp3) is 0.263. The average molecular weight is 358 g/mol. The molecule has 138 valence electrons. The number of ether oxygens (including phenoxy) is 4. The standard InChI is InChI=1S/C19H22N2O5/c1-23-15-6-8-16(24-2)14(11-15)12-20-21-19(22)10-13-5-7-17(25-3)18(9-13)26-4/h5-9,11-12H,10H2,1-4H3,(H,21,22). The van der Waals surface area contributed by atoms with Crippen LogP contribution in [0.1, 0.15) is 11.1 Å². The van der Waals surface area contributed by atoms with E-state index in [0.29, 0.717) is 28.6 Å². The van der Waals surface area contributed by atoms with Crippen LogP contribution in [0.5, 0.6) is 23.0 Å². The van der Waals surface area contributed by atoms with Crippen molar-refractivity contribution in [3.63, 3.8) is 0 Å². The topological polar surface area (TPSA) is 78.4 Å². The monoisotopic (exact) mass is 358 g/mol. The lowest BCUT2D eigenvalue weighted by atomic mass is 10.1. The van der Waals surface area contributed by atoms with Gasteiger partial charge in [0.1, 0.15) is 11.5 Å². The zero-order valence-corrected chi connectivity index (χ0v) is 15.2. The first-order valence-corrected chi connectivity index (χ1v) is 7.86. The predicted molar refractivity (Wildman–Crippen MR) is 98.5 cm³/mol. The Bertz CT molecular complexity index is 789. The van der Waals surface area contributed by atoms with Crippen molar-refractivity contribution in [1.82, 2.24) is 5.43 Å². The second-order valence-corrected chi connectivity index (χ2v) is 5.27. The van der Waals surface area contributed by atoms with Gasteiger partial charge in [-0.2, -0.15) is 5.10 Å². The normalized spacial score (nSPS) is 10.5. The number of hydrazone groups is 1. The largest absolute Gasteiger partial charge is 0.497 e. The molecule has 1 N–H and O–H groups in total. The summed E-state index contributed by atoms with van der Waals surface area (Å²) in [7, 11) is 6.25. The Morgan fingerprint density at radius 3 is 2.27 bits per heavy atom. The van der Waals surface area contributed by atoms with Gasteiger partial charge in [0.25, 0.3) is 0 Å². The summed E-state index contributed by atoms with van der Waals surface area (Å²) in [6, 6.07) is 10.6. The number of benzene rings is 2. The molecule has 0 radical (unpaired) electrons. The molecule has 7 nitrogen and oxygen atoms in total. The second-order valence-electron chi connectivity index (χ2n) is 5.27. The van der Waals surface area contributed by atoms with Crippen molar-refractivity contribution >= 4 is 12.1 Å². The molecule has 0 aliphatic heterocycles. The first-order chi connectivity index (χ1) is 12.6. The number of hydrogen-bond donors (Lipinski definition) is 1. The van der Waals surface area contributed by atoms with Gasteiger partial charge in [-0.25, -0.2) is 5.43 Å². The molecule has 0 aliphatic carbocycles. The molecule has 2 rings (SSSR count). The highest BCUT2D eigenvalue weighted by Gasteiger charge is 2.08. The van der Waals surface area contributed by atoms with Crippen molar-refractivity contribution in [1.29, 1.82) is 0 Å². The summed E-state index contributed by atoms with van der Waals surface area (Å²) in [6.07, 6.45) is 1.67. The molecular weight excluding hydrogens is 336 g/mol. The molecular formula is C19H22N2O5. The Morgan fingerprint density at radius 1 is 0.923 bits per heavy atom. The molecule has 0 saturated carbocycles. The number of nitrogens with zero attached hydrogens (tertiary/aromatic N) is 1. The number of rotatable bonds is 8. The molecule has 0 spiro atoms. The smallest absolute Gasteiger partial charge is 0.244 e. The minimum Gasteiger partial charge on any atom is -0.497 e. The van der Waals surface area contributed by atoms with Gasteiger partial charge in [0.05, 0.1) is 41.1 Å². The van der Waals surface area contributed by atoms with Crippen LogP contribution >= 0.6 is 0 Å². The van der Waals surface area contributed by atoms with Crippen LogP contribution in [-0.2, 0) is 11.2 Å². The highest BCUT2D eigenvalue weighted by molar-refractivity contribution is 5.86. The third kappa shape index (κ3) is 4.89. The summed E-state index contributed by atoms with van der Waals surface area (Å²) < 4.78 is 20.8. The molecule has 0 unspecified atom stereocenters. The van der Waals surface area contributed by atoms with E-state index in [-0.39, 0.29) is 12.3 Å². The van der Waals surface area contributed by atoms with E-state index in [1.807, 2.05) is 0 Å². The maximum absolute atomic E-state index is 12.1. The molecule has 0 atom stereocenters. The van der Waals surface area contributed by atoms with Crippen molar-refractivity contribution < 1.29 is 23.7 Å². The molecule has 7 heteroatoms. The number of methoxy groups -OCH3 is 4. The van der Waals surface area contributed by atoms with Gasteiger partial charge >= 0.3 is 0 Å². The van der Waals surface area contributed by atoms with E-state index in [1.54, 1.807) is 64.8 Å². The van der Waals surface area contributed by atoms with Crippen LogP contribution in [0.2, 0.25) is 0 Å². The van der Waals surface area contributed by atoms with Gasteiger partial charge < -0.3 is 18.9 Å². The maximum atomic E-state index is 12.1. The molecule has 0 aliphatic rings. The summed E-state index contributed by atoms with van der Waals surface area (Å²) >= 11 is 0. The van der Waals surface area contributed by atoms with Gasteiger partial charge in [0.15, 0.2) is 11.5 Å². The lowest BCUT2D eigenvalue weighted by Gasteiger charge is -2.09. The van der Waals surface area contributed by atoms with E-state index in [9.17, 15) is 4.79 Å². The van der Waals surface area contributed by atoms with Gasteiger partial charge in [0, 0.05) is 5.56 Å². The van der Waals surface area contributed by atoms with E-state index in [2.05, 4.69) is 10.5 Å². The number of amides is 1. The average Bonchev–Trinajstić information content (AvgIpc) is 2.67. The molecule has 0 fully saturated rings. The summed E-state index contributed by atoms with van der Waals surface area (Å²) in [6.45, 7) is 0. The first kappa shape index (κ1) is 19.1. The Hall–Kier alpha value is -3.22. The lowest BCUT2D eigenvalue weighted by molar-refractivity contribution is -0.120. The summed E-state index contributed by atoms with van der Waals surface area (Å²) in [4.78, 5) is 12.1. The van der Waals surface area contributed by atoms with Gasteiger partial charge in [-0.3, -0.25) is 4.79 Å². The van der Waals surface area contributed by atoms with Gasteiger partial charge in [-0.15, -0.1) is 0 Å². The van der Waals surface area contributed by atoms with E-state index >= 15 is 0 Å². The molecule has 0 aromatic heterocycles. The zero-order chi connectivity index (χ0) is 18.9. The minimum absolute atomic E-state index is 0.160. The maximum Gasteiger partial charge on any atom is 0.244 e. The molecule has 0 heterocycles.